The van der Waals surface area contributed by atoms with Gasteiger partial charge >= 0.3 is 0 Å². The van der Waals surface area contributed by atoms with Gasteiger partial charge in [-0.1, -0.05) is 0 Å². The van der Waals surface area contributed by atoms with Gasteiger partial charge in [0, 0.05) is 37.7 Å². The summed E-state index contributed by atoms with van der Waals surface area (Å²) in [4.78, 5) is 18.0. The third-order valence-electron chi connectivity index (χ3n) is 2.19. The van der Waals surface area contributed by atoms with E-state index in [1.807, 2.05) is 10.8 Å². The van der Waals surface area contributed by atoms with Gasteiger partial charge in [-0.05, 0) is 0 Å². The molecular weight excluding hydrogens is 222 g/mol. The minimum Gasteiger partial charge on any atom is -0.368 e. The lowest BCUT2D eigenvalue weighted by atomic mass is 10.4. The fourth-order valence-corrected chi connectivity index (χ4v) is 1.36. The number of aromatic nitrogens is 3. The molecule has 17 heavy (non-hydrogen) atoms. The predicted octanol–water partition coefficient (Wildman–Crippen LogP) is 1.30. The van der Waals surface area contributed by atoms with E-state index in [0.717, 1.165) is 6.54 Å². The summed E-state index contributed by atoms with van der Waals surface area (Å²) >= 11 is 0. The van der Waals surface area contributed by atoms with Crippen molar-refractivity contribution in [3.05, 3.63) is 47.2 Å². The Balaban J connectivity index is 1.90. The van der Waals surface area contributed by atoms with Crippen LogP contribution in [0.1, 0.15) is 0 Å². The Kier molecular flexibility index (Phi) is 3.29. The number of nitrogens with zero attached hydrogens (tertiary/aromatic N) is 4. The van der Waals surface area contributed by atoms with Crippen LogP contribution in [-0.2, 0) is 6.54 Å². The summed E-state index contributed by atoms with van der Waals surface area (Å²) in [6.45, 7) is 1.36. The van der Waals surface area contributed by atoms with Gasteiger partial charge in [0.1, 0.15) is 5.82 Å². The summed E-state index contributed by atoms with van der Waals surface area (Å²) in [6.07, 6.45) is 6.67. The monoisotopic (exact) mass is 233 g/mol. The van der Waals surface area contributed by atoms with E-state index in [1.54, 1.807) is 12.5 Å². The minimum absolute atomic E-state index is 0.0325. The standard InChI is InChI=1S/C10H11N5O2/c16-15(17)9-1-2-12-10(7-9)13-4-6-14-5-3-11-8-14/h1-3,5,7-8H,4,6H2,(H,12,13). The molecule has 0 spiro atoms. The fourth-order valence-electron chi connectivity index (χ4n) is 1.36. The molecule has 0 aliphatic heterocycles. The Bertz CT molecular complexity index is 497. The zero-order valence-electron chi connectivity index (χ0n) is 8.98. The van der Waals surface area contributed by atoms with E-state index in [1.165, 1.54) is 18.3 Å². The smallest absolute Gasteiger partial charge is 0.274 e. The summed E-state index contributed by atoms with van der Waals surface area (Å²) in [6, 6.07) is 2.77. The molecule has 0 aromatic carbocycles. The molecule has 0 aliphatic rings. The summed E-state index contributed by atoms with van der Waals surface area (Å²) < 4.78 is 1.91. The maximum atomic E-state index is 10.6. The summed E-state index contributed by atoms with van der Waals surface area (Å²) in [5, 5.41) is 13.6. The molecule has 2 aromatic heterocycles. The summed E-state index contributed by atoms with van der Waals surface area (Å²) in [5.74, 6) is 0.499. The average molecular weight is 233 g/mol. The van der Waals surface area contributed by atoms with Crippen molar-refractivity contribution < 1.29 is 4.92 Å². The lowest BCUT2D eigenvalue weighted by molar-refractivity contribution is -0.384. The van der Waals surface area contributed by atoms with Crippen LogP contribution in [0.3, 0.4) is 0 Å². The first-order chi connectivity index (χ1) is 8.25. The van der Waals surface area contributed by atoms with Crippen LogP contribution in [0.4, 0.5) is 11.5 Å². The van der Waals surface area contributed by atoms with E-state index < -0.39 is 4.92 Å². The Labute approximate surface area is 97.3 Å². The highest BCUT2D eigenvalue weighted by Crippen LogP contribution is 2.13. The second-order valence-electron chi connectivity index (χ2n) is 3.38. The van der Waals surface area contributed by atoms with E-state index in [9.17, 15) is 10.1 Å². The molecule has 7 nitrogen and oxygen atoms in total. The molecule has 0 atom stereocenters. The van der Waals surface area contributed by atoms with Crippen molar-refractivity contribution in [2.75, 3.05) is 11.9 Å². The number of rotatable bonds is 5. The third-order valence-corrected chi connectivity index (χ3v) is 2.19. The highest BCUT2D eigenvalue weighted by Gasteiger charge is 2.05. The minimum atomic E-state index is -0.442. The number of hydrogen-bond acceptors (Lipinski definition) is 5. The van der Waals surface area contributed by atoms with Crippen LogP contribution in [-0.4, -0.2) is 26.0 Å². The summed E-state index contributed by atoms with van der Waals surface area (Å²) in [7, 11) is 0. The topological polar surface area (TPSA) is 85.9 Å². The van der Waals surface area contributed by atoms with Crippen molar-refractivity contribution >= 4 is 11.5 Å². The van der Waals surface area contributed by atoms with Crippen LogP contribution in [0.2, 0.25) is 0 Å². The van der Waals surface area contributed by atoms with E-state index in [2.05, 4.69) is 15.3 Å². The van der Waals surface area contributed by atoms with Crippen molar-refractivity contribution in [2.45, 2.75) is 6.54 Å². The Morgan fingerprint density at radius 2 is 2.35 bits per heavy atom. The largest absolute Gasteiger partial charge is 0.368 e. The molecule has 7 heteroatoms. The highest BCUT2D eigenvalue weighted by molar-refractivity contribution is 5.43. The van der Waals surface area contributed by atoms with E-state index in [-0.39, 0.29) is 5.69 Å². The zero-order chi connectivity index (χ0) is 12.1. The van der Waals surface area contributed by atoms with Crippen LogP contribution < -0.4 is 5.32 Å². The molecule has 1 N–H and O–H groups in total. The normalized spacial score (nSPS) is 10.1. The maximum Gasteiger partial charge on any atom is 0.274 e. The van der Waals surface area contributed by atoms with Crippen LogP contribution >= 0.6 is 0 Å². The highest BCUT2D eigenvalue weighted by atomic mass is 16.6. The Morgan fingerprint density at radius 1 is 1.47 bits per heavy atom. The molecule has 88 valence electrons. The van der Waals surface area contributed by atoms with Gasteiger partial charge < -0.3 is 9.88 Å². The van der Waals surface area contributed by atoms with E-state index in [4.69, 9.17) is 0 Å². The van der Waals surface area contributed by atoms with Gasteiger partial charge in [0.15, 0.2) is 0 Å². The van der Waals surface area contributed by atoms with Gasteiger partial charge in [-0.15, -0.1) is 0 Å². The molecule has 2 rings (SSSR count). The second-order valence-corrected chi connectivity index (χ2v) is 3.38. The van der Waals surface area contributed by atoms with Crippen LogP contribution in [0.25, 0.3) is 0 Å². The van der Waals surface area contributed by atoms with Gasteiger partial charge in [-0.2, -0.15) is 0 Å². The van der Waals surface area contributed by atoms with Crippen LogP contribution in [0, 0.1) is 10.1 Å². The predicted molar refractivity (Wildman–Crippen MR) is 61.6 cm³/mol. The average Bonchev–Trinajstić information content (AvgIpc) is 2.82. The summed E-state index contributed by atoms with van der Waals surface area (Å²) in [5.41, 5.74) is 0.0325. The van der Waals surface area contributed by atoms with Gasteiger partial charge in [-0.3, -0.25) is 10.1 Å². The lowest BCUT2D eigenvalue weighted by Gasteiger charge is -2.05. The number of hydrogen-bond donors (Lipinski definition) is 1. The van der Waals surface area contributed by atoms with Crippen molar-refractivity contribution in [1.29, 1.82) is 0 Å². The number of anilines is 1. The Morgan fingerprint density at radius 3 is 3.06 bits per heavy atom. The first-order valence-electron chi connectivity index (χ1n) is 5.06. The molecule has 2 aromatic rings. The molecule has 0 amide bonds. The van der Waals surface area contributed by atoms with Crippen molar-refractivity contribution in [3.8, 4) is 0 Å². The Hall–Kier alpha value is -2.44. The van der Waals surface area contributed by atoms with Crippen LogP contribution in [0.5, 0.6) is 0 Å². The molecule has 0 aliphatic carbocycles. The number of pyridine rings is 1. The quantitative estimate of drug-likeness (QED) is 0.621. The molecule has 0 saturated heterocycles. The first kappa shape index (κ1) is 11.1. The first-order valence-corrected chi connectivity index (χ1v) is 5.06. The zero-order valence-corrected chi connectivity index (χ0v) is 8.98. The number of imidazole rings is 1. The van der Waals surface area contributed by atoms with E-state index >= 15 is 0 Å². The maximum absolute atomic E-state index is 10.6. The van der Waals surface area contributed by atoms with Crippen molar-refractivity contribution in [3.63, 3.8) is 0 Å². The van der Waals surface area contributed by atoms with Crippen LogP contribution in [0.15, 0.2) is 37.1 Å². The molecule has 0 bridgehead atoms. The lowest BCUT2D eigenvalue weighted by Crippen LogP contribution is -2.10. The number of nitro groups is 1. The molecule has 2 heterocycles. The van der Waals surface area contributed by atoms with Gasteiger partial charge in [0.2, 0.25) is 0 Å². The van der Waals surface area contributed by atoms with Gasteiger partial charge in [-0.25, -0.2) is 9.97 Å². The third kappa shape index (κ3) is 3.00. The van der Waals surface area contributed by atoms with Gasteiger partial charge in [0.05, 0.1) is 17.3 Å². The SMILES string of the molecule is O=[N+]([O-])c1ccnc(NCCn2ccnc2)c1. The second kappa shape index (κ2) is 5.06. The number of nitrogens with one attached hydrogen (secondary N) is 1. The van der Waals surface area contributed by atoms with E-state index in [0.29, 0.717) is 12.4 Å². The van der Waals surface area contributed by atoms with Gasteiger partial charge in [0.25, 0.3) is 5.69 Å². The fraction of sp³-hybridized carbons (Fsp3) is 0.200. The van der Waals surface area contributed by atoms with Crippen molar-refractivity contribution in [1.82, 2.24) is 14.5 Å². The molecule has 0 radical (unpaired) electrons. The molecule has 0 fully saturated rings. The molecular formula is C10H11N5O2. The molecule has 0 saturated carbocycles. The van der Waals surface area contributed by atoms with Crippen molar-refractivity contribution in [2.24, 2.45) is 0 Å². The molecule has 0 unspecified atom stereocenters.